The van der Waals surface area contributed by atoms with E-state index in [0.717, 1.165) is 23.8 Å². The molecule has 0 bridgehead atoms. The molecule has 3 rings (SSSR count). The number of ether oxygens (including phenoxy) is 1. The van der Waals surface area contributed by atoms with Crippen molar-refractivity contribution in [3.63, 3.8) is 0 Å². The fraction of sp³-hybridized carbons (Fsp3) is 0.176. The van der Waals surface area contributed by atoms with Crippen molar-refractivity contribution in [1.29, 1.82) is 0 Å². The Bertz CT molecular complexity index is 823. The average Bonchev–Trinajstić information content (AvgIpc) is 2.52. The lowest BCUT2D eigenvalue weighted by atomic mass is 10.1. The Labute approximate surface area is 136 Å². The SMILES string of the molecule is Cc1ccc2c(c1)NC(=O)C(CC(=O)Nc1cc(F)ccc1F)O2. The van der Waals surface area contributed by atoms with Gasteiger partial charge in [-0.3, -0.25) is 9.59 Å². The largest absolute Gasteiger partial charge is 0.478 e. The van der Waals surface area contributed by atoms with Gasteiger partial charge in [-0.1, -0.05) is 6.07 Å². The zero-order valence-corrected chi connectivity index (χ0v) is 12.7. The van der Waals surface area contributed by atoms with E-state index < -0.39 is 29.6 Å². The molecule has 1 heterocycles. The summed E-state index contributed by atoms with van der Waals surface area (Å²) in [6.45, 7) is 1.87. The molecule has 2 aromatic rings. The minimum atomic E-state index is -1.04. The maximum Gasteiger partial charge on any atom is 0.266 e. The Morgan fingerprint density at radius 2 is 2.04 bits per heavy atom. The smallest absolute Gasteiger partial charge is 0.266 e. The van der Waals surface area contributed by atoms with Crippen LogP contribution in [0.1, 0.15) is 12.0 Å². The first-order valence-corrected chi connectivity index (χ1v) is 7.25. The van der Waals surface area contributed by atoms with Gasteiger partial charge in [0, 0.05) is 6.07 Å². The van der Waals surface area contributed by atoms with Crippen LogP contribution in [0.3, 0.4) is 0 Å². The quantitative estimate of drug-likeness (QED) is 0.908. The lowest BCUT2D eigenvalue weighted by molar-refractivity contribution is -0.128. The van der Waals surface area contributed by atoms with Crippen LogP contribution < -0.4 is 15.4 Å². The van der Waals surface area contributed by atoms with Crippen molar-refractivity contribution in [2.24, 2.45) is 0 Å². The number of amides is 2. The molecule has 0 saturated heterocycles. The van der Waals surface area contributed by atoms with Gasteiger partial charge in [0.05, 0.1) is 17.8 Å². The van der Waals surface area contributed by atoms with E-state index in [-0.39, 0.29) is 12.1 Å². The number of rotatable bonds is 3. The number of hydrogen-bond acceptors (Lipinski definition) is 3. The summed E-state index contributed by atoms with van der Waals surface area (Å²) in [6, 6.07) is 7.99. The van der Waals surface area contributed by atoms with Crippen LogP contribution >= 0.6 is 0 Å². The summed E-state index contributed by atoms with van der Waals surface area (Å²) in [6.07, 6.45) is -1.37. The molecule has 0 fully saturated rings. The number of aryl methyl sites for hydroxylation is 1. The number of benzene rings is 2. The van der Waals surface area contributed by atoms with Crippen LogP contribution in [0.4, 0.5) is 20.2 Å². The van der Waals surface area contributed by atoms with E-state index in [9.17, 15) is 18.4 Å². The molecule has 24 heavy (non-hydrogen) atoms. The van der Waals surface area contributed by atoms with E-state index in [0.29, 0.717) is 11.4 Å². The Balaban J connectivity index is 1.69. The normalized spacial score (nSPS) is 16.0. The second kappa shape index (κ2) is 6.27. The van der Waals surface area contributed by atoms with E-state index in [1.807, 2.05) is 13.0 Å². The molecule has 0 saturated carbocycles. The van der Waals surface area contributed by atoms with Gasteiger partial charge in [-0.15, -0.1) is 0 Å². The lowest BCUT2D eigenvalue weighted by Gasteiger charge is -2.25. The molecule has 1 atom stereocenters. The monoisotopic (exact) mass is 332 g/mol. The number of hydrogen-bond donors (Lipinski definition) is 2. The van der Waals surface area contributed by atoms with E-state index in [1.54, 1.807) is 12.1 Å². The van der Waals surface area contributed by atoms with Gasteiger partial charge in [0.1, 0.15) is 17.4 Å². The van der Waals surface area contributed by atoms with Crippen LogP contribution in [0.5, 0.6) is 5.75 Å². The maximum absolute atomic E-state index is 13.5. The van der Waals surface area contributed by atoms with E-state index in [2.05, 4.69) is 10.6 Å². The molecule has 0 aliphatic carbocycles. The topological polar surface area (TPSA) is 67.4 Å². The molecule has 0 radical (unpaired) electrons. The van der Waals surface area contributed by atoms with Gasteiger partial charge >= 0.3 is 0 Å². The average molecular weight is 332 g/mol. The fourth-order valence-electron chi connectivity index (χ4n) is 2.36. The molecule has 7 heteroatoms. The predicted octanol–water partition coefficient (Wildman–Crippen LogP) is 3.00. The second-order valence-electron chi connectivity index (χ2n) is 5.47. The van der Waals surface area contributed by atoms with Gasteiger partial charge < -0.3 is 15.4 Å². The molecule has 2 aromatic carbocycles. The van der Waals surface area contributed by atoms with Crippen molar-refractivity contribution in [2.45, 2.75) is 19.4 Å². The maximum atomic E-state index is 13.5. The molecule has 0 aromatic heterocycles. The van der Waals surface area contributed by atoms with Gasteiger partial charge in [-0.05, 0) is 36.8 Å². The number of nitrogens with one attached hydrogen (secondary N) is 2. The highest BCUT2D eigenvalue weighted by Gasteiger charge is 2.30. The summed E-state index contributed by atoms with van der Waals surface area (Å²) in [5.41, 5.74) is 1.20. The molecule has 2 N–H and O–H groups in total. The van der Waals surface area contributed by atoms with Crippen LogP contribution in [-0.4, -0.2) is 17.9 Å². The first kappa shape index (κ1) is 15.9. The van der Waals surface area contributed by atoms with E-state index >= 15 is 0 Å². The summed E-state index contributed by atoms with van der Waals surface area (Å²) in [5, 5.41) is 4.90. The molecule has 124 valence electrons. The first-order chi connectivity index (χ1) is 11.4. The third-order valence-corrected chi connectivity index (χ3v) is 3.53. The van der Waals surface area contributed by atoms with Crippen LogP contribution in [0.25, 0.3) is 0 Å². The Morgan fingerprint density at radius 3 is 2.83 bits per heavy atom. The van der Waals surface area contributed by atoms with Gasteiger partial charge in [0.25, 0.3) is 5.91 Å². The van der Waals surface area contributed by atoms with E-state index in [1.165, 1.54) is 0 Å². The van der Waals surface area contributed by atoms with Crippen molar-refractivity contribution < 1.29 is 23.1 Å². The lowest BCUT2D eigenvalue weighted by Crippen LogP contribution is -2.39. The van der Waals surface area contributed by atoms with Crippen molar-refractivity contribution in [1.82, 2.24) is 0 Å². The predicted molar refractivity (Wildman–Crippen MR) is 83.8 cm³/mol. The van der Waals surface area contributed by atoms with Gasteiger partial charge in [-0.25, -0.2) is 8.78 Å². The van der Waals surface area contributed by atoms with Gasteiger partial charge in [-0.2, -0.15) is 0 Å². The summed E-state index contributed by atoms with van der Waals surface area (Å²) in [5.74, 6) is -2.12. The van der Waals surface area contributed by atoms with Crippen LogP contribution in [0.2, 0.25) is 0 Å². The van der Waals surface area contributed by atoms with E-state index in [4.69, 9.17) is 4.74 Å². The molecular weight excluding hydrogens is 318 g/mol. The minimum Gasteiger partial charge on any atom is -0.478 e. The third kappa shape index (κ3) is 3.34. The summed E-state index contributed by atoms with van der Waals surface area (Å²) in [4.78, 5) is 24.0. The van der Waals surface area contributed by atoms with Crippen molar-refractivity contribution in [3.8, 4) is 5.75 Å². The van der Waals surface area contributed by atoms with Crippen LogP contribution in [0.15, 0.2) is 36.4 Å². The molecule has 2 amide bonds. The zero-order valence-electron chi connectivity index (χ0n) is 12.7. The number of anilines is 2. The zero-order chi connectivity index (χ0) is 17.3. The summed E-state index contributed by atoms with van der Waals surface area (Å²) in [7, 11) is 0. The Hall–Kier alpha value is -2.96. The second-order valence-corrected chi connectivity index (χ2v) is 5.47. The number of halogens is 2. The summed E-state index contributed by atoms with van der Waals surface area (Å²) < 4.78 is 32.2. The highest BCUT2D eigenvalue weighted by Crippen LogP contribution is 2.31. The van der Waals surface area contributed by atoms with Gasteiger partial charge in [0.15, 0.2) is 6.10 Å². The van der Waals surface area contributed by atoms with Gasteiger partial charge in [0.2, 0.25) is 5.91 Å². The molecule has 1 aliphatic heterocycles. The number of carbonyl (C=O) groups is 2. The molecular formula is C17H14F2N2O3. The number of fused-ring (bicyclic) bond motifs is 1. The molecule has 5 nitrogen and oxygen atoms in total. The summed E-state index contributed by atoms with van der Waals surface area (Å²) >= 11 is 0. The minimum absolute atomic E-state index is 0.285. The van der Waals surface area contributed by atoms with Crippen molar-refractivity contribution in [2.75, 3.05) is 10.6 Å². The molecule has 0 spiro atoms. The Morgan fingerprint density at radius 1 is 1.25 bits per heavy atom. The van der Waals surface area contributed by atoms with Crippen molar-refractivity contribution >= 4 is 23.2 Å². The van der Waals surface area contributed by atoms with Crippen LogP contribution in [0, 0.1) is 18.6 Å². The fourth-order valence-corrected chi connectivity index (χ4v) is 2.36. The Kier molecular flexibility index (Phi) is 4.16. The van der Waals surface area contributed by atoms with Crippen molar-refractivity contribution in [3.05, 3.63) is 53.6 Å². The standard InChI is InChI=1S/C17H14F2N2O3/c1-9-2-5-14-13(6-9)21-17(23)15(24-14)8-16(22)20-12-7-10(18)3-4-11(12)19/h2-7,15H,8H2,1H3,(H,20,22)(H,21,23). The molecule has 1 unspecified atom stereocenters. The third-order valence-electron chi connectivity index (χ3n) is 3.53. The first-order valence-electron chi connectivity index (χ1n) is 7.25. The highest BCUT2D eigenvalue weighted by molar-refractivity contribution is 6.02. The highest BCUT2D eigenvalue weighted by atomic mass is 19.1. The number of carbonyl (C=O) groups excluding carboxylic acids is 2. The van der Waals surface area contributed by atoms with Crippen LogP contribution in [-0.2, 0) is 9.59 Å². The molecule has 1 aliphatic rings.